The number of H-pyrrole nitrogens is 1. The van der Waals surface area contributed by atoms with Crippen LogP contribution in [0.25, 0.3) is 16.9 Å². The average Bonchev–Trinajstić information content (AvgIpc) is 3.14. The van der Waals surface area contributed by atoms with Gasteiger partial charge in [0, 0.05) is 23.6 Å². The zero-order chi connectivity index (χ0) is 15.5. The van der Waals surface area contributed by atoms with Crippen LogP contribution < -0.4 is 0 Å². The summed E-state index contributed by atoms with van der Waals surface area (Å²) in [5, 5.41) is 0. The van der Waals surface area contributed by atoms with Crippen molar-refractivity contribution in [3.63, 3.8) is 0 Å². The fourth-order valence-corrected chi connectivity index (χ4v) is 2.61. The average molecular weight is 294 g/mol. The topological polar surface area (TPSA) is 47.0 Å². The van der Waals surface area contributed by atoms with Gasteiger partial charge in [-0.05, 0) is 43.7 Å². The van der Waals surface area contributed by atoms with E-state index in [1.165, 1.54) is 0 Å². The molecule has 2 heterocycles. The Balaban J connectivity index is 2.12. The second kappa shape index (κ2) is 5.93. The van der Waals surface area contributed by atoms with E-state index >= 15 is 0 Å². The molecule has 0 aliphatic carbocycles. The van der Waals surface area contributed by atoms with Crippen LogP contribution in [-0.4, -0.2) is 22.1 Å². The number of nitrogens with one attached hydrogen (secondary N) is 1. The van der Waals surface area contributed by atoms with Gasteiger partial charge in [0.15, 0.2) is 0 Å². The van der Waals surface area contributed by atoms with Crippen LogP contribution >= 0.6 is 0 Å². The summed E-state index contributed by atoms with van der Waals surface area (Å²) in [7, 11) is 0. The van der Waals surface area contributed by atoms with E-state index in [-0.39, 0.29) is 5.97 Å². The van der Waals surface area contributed by atoms with Crippen LogP contribution in [0.15, 0.2) is 54.9 Å². The van der Waals surface area contributed by atoms with Gasteiger partial charge < -0.3 is 14.3 Å². The molecule has 0 radical (unpaired) electrons. The van der Waals surface area contributed by atoms with Crippen LogP contribution in [0, 0.1) is 6.92 Å². The van der Waals surface area contributed by atoms with Gasteiger partial charge in [0.05, 0.1) is 12.3 Å². The molecule has 0 aliphatic heterocycles. The summed E-state index contributed by atoms with van der Waals surface area (Å²) in [6.45, 7) is 4.15. The highest BCUT2D eigenvalue weighted by Gasteiger charge is 2.20. The number of benzene rings is 1. The van der Waals surface area contributed by atoms with Crippen molar-refractivity contribution in [2.45, 2.75) is 13.8 Å². The highest BCUT2D eigenvalue weighted by atomic mass is 16.5. The van der Waals surface area contributed by atoms with Crippen molar-refractivity contribution < 1.29 is 9.53 Å². The largest absolute Gasteiger partial charge is 0.461 e. The lowest BCUT2D eigenvalue weighted by Crippen LogP contribution is -2.07. The van der Waals surface area contributed by atoms with E-state index in [9.17, 15) is 4.79 Å². The van der Waals surface area contributed by atoms with Gasteiger partial charge in [0.1, 0.15) is 5.69 Å². The molecular weight excluding hydrogens is 276 g/mol. The molecule has 2 aromatic heterocycles. The van der Waals surface area contributed by atoms with Gasteiger partial charge in [-0.15, -0.1) is 0 Å². The fraction of sp³-hybridized carbons (Fsp3) is 0.167. The van der Waals surface area contributed by atoms with Gasteiger partial charge >= 0.3 is 5.97 Å². The van der Waals surface area contributed by atoms with Crippen LogP contribution in [0.1, 0.15) is 23.0 Å². The van der Waals surface area contributed by atoms with Crippen molar-refractivity contribution in [3.8, 4) is 16.9 Å². The van der Waals surface area contributed by atoms with E-state index in [1.54, 1.807) is 6.92 Å². The minimum absolute atomic E-state index is 0.327. The minimum atomic E-state index is -0.327. The lowest BCUT2D eigenvalue weighted by molar-refractivity contribution is 0.0521. The Hall–Kier alpha value is -2.75. The van der Waals surface area contributed by atoms with Gasteiger partial charge in [-0.3, -0.25) is 0 Å². The molecule has 112 valence electrons. The van der Waals surface area contributed by atoms with E-state index in [2.05, 4.69) is 9.55 Å². The molecule has 3 rings (SSSR count). The quantitative estimate of drug-likeness (QED) is 0.740. The van der Waals surface area contributed by atoms with Crippen molar-refractivity contribution in [1.29, 1.82) is 0 Å². The molecule has 0 bridgehead atoms. The van der Waals surface area contributed by atoms with Crippen molar-refractivity contribution in [3.05, 3.63) is 66.1 Å². The van der Waals surface area contributed by atoms with Crippen LogP contribution in [0.3, 0.4) is 0 Å². The Morgan fingerprint density at radius 1 is 1.18 bits per heavy atom. The normalized spacial score (nSPS) is 10.6. The second-order valence-corrected chi connectivity index (χ2v) is 5.04. The molecule has 0 fully saturated rings. The van der Waals surface area contributed by atoms with Crippen LogP contribution in [0.4, 0.5) is 0 Å². The zero-order valence-corrected chi connectivity index (χ0v) is 12.7. The molecule has 0 saturated heterocycles. The first-order chi connectivity index (χ1) is 10.7. The first-order valence-corrected chi connectivity index (χ1v) is 7.30. The number of nitrogens with zero attached hydrogens (tertiary/aromatic N) is 1. The van der Waals surface area contributed by atoms with Crippen LogP contribution in [-0.2, 0) is 4.74 Å². The number of aryl methyl sites for hydroxylation is 1. The Kier molecular flexibility index (Phi) is 3.83. The molecular formula is C18H18N2O2. The monoisotopic (exact) mass is 294 g/mol. The Labute approximate surface area is 129 Å². The number of carbonyl (C=O) groups is 1. The van der Waals surface area contributed by atoms with Gasteiger partial charge in [-0.1, -0.05) is 18.2 Å². The summed E-state index contributed by atoms with van der Waals surface area (Å²) in [5.41, 5.74) is 4.41. The van der Waals surface area contributed by atoms with Crippen molar-refractivity contribution in [1.82, 2.24) is 9.55 Å². The predicted octanol–water partition coefficient (Wildman–Crippen LogP) is 3.96. The van der Waals surface area contributed by atoms with Gasteiger partial charge in [-0.25, -0.2) is 4.79 Å². The maximum Gasteiger partial charge on any atom is 0.355 e. The number of ether oxygens (including phenoxy) is 1. The number of aromatic nitrogens is 2. The van der Waals surface area contributed by atoms with E-state index in [4.69, 9.17) is 4.74 Å². The fourth-order valence-electron chi connectivity index (χ4n) is 2.61. The third-order valence-electron chi connectivity index (χ3n) is 3.60. The number of para-hydroxylation sites is 1. The van der Waals surface area contributed by atoms with Crippen molar-refractivity contribution in [2.24, 2.45) is 0 Å². The number of hydrogen-bond donors (Lipinski definition) is 1. The number of rotatable bonds is 4. The van der Waals surface area contributed by atoms with Crippen molar-refractivity contribution in [2.75, 3.05) is 6.61 Å². The summed E-state index contributed by atoms with van der Waals surface area (Å²) >= 11 is 0. The molecule has 0 saturated carbocycles. The van der Waals surface area contributed by atoms with E-state index in [1.807, 2.05) is 61.8 Å². The smallest absolute Gasteiger partial charge is 0.355 e. The third-order valence-corrected chi connectivity index (χ3v) is 3.60. The molecule has 1 aromatic carbocycles. The van der Waals surface area contributed by atoms with Crippen LogP contribution in [0.5, 0.6) is 0 Å². The Bertz CT molecular complexity index is 785. The van der Waals surface area contributed by atoms with E-state index in [0.717, 1.165) is 22.5 Å². The maximum atomic E-state index is 12.2. The number of hydrogen-bond acceptors (Lipinski definition) is 2. The molecule has 22 heavy (non-hydrogen) atoms. The molecule has 4 heteroatoms. The molecule has 4 nitrogen and oxygen atoms in total. The highest BCUT2D eigenvalue weighted by molar-refractivity contribution is 5.96. The van der Waals surface area contributed by atoms with Gasteiger partial charge in [0.2, 0.25) is 0 Å². The predicted molar refractivity (Wildman–Crippen MR) is 86.2 cm³/mol. The lowest BCUT2D eigenvalue weighted by atomic mass is 10.1. The van der Waals surface area contributed by atoms with Gasteiger partial charge in [-0.2, -0.15) is 0 Å². The summed E-state index contributed by atoms with van der Waals surface area (Å²) in [6.07, 6.45) is 3.83. The summed E-state index contributed by atoms with van der Waals surface area (Å²) < 4.78 is 7.21. The Morgan fingerprint density at radius 3 is 2.68 bits per heavy atom. The number of aromatic amines is 1. The van der Waals surface area contributed by atoms with Gasteiger partial charge in [0.25, 0.3) is 0 Å². The van der Waals surface area contributed by atoms with E-state index in [0.29, 0.717) is 12.3 Å². The lowest BCUT2D eigenvalue weighted by Gasteiger charge is -2.11. The molecule has 0 atom stereocenters. The molecule has 0 spiro atoms. The molecule has 0 unspecified atom stereocenters. The molecule has 1 N–H and O–H groups in total. The molecule has 0 aliphatic rings. The van der Waals surface area contributed by atoms with Crippen molar-refractivity contribution >= 4 is 5.97 Å². The standard InChI is InChI=1S/C18H18N2O2/c1-3-22-18(21)17-16(13(2)12-19-17)15-10-7-11-20(15)14-8-5-4-6-9-14/h4-12,19H,3H2,1-2H3. The zero-order valence-electron chi connectivity index (χ0n) is 12.7. The summed E-state index contributed by atoms with van der Waals surface area (Å²) in [6, 6.07) is 14.0. The molecule has 3 aromatic rings. The third kappa shape index (κ3) is 2.44. The maximum absolute atomic E-state index is 12.2. The first-order valence-electron chi connectivity index (χ1n) is 7.30. The second-order valence-electron chi connectivity index (χ2n) is 5.04. The number of carbonyl (C=O) groups excluding carboxylic acids is 1. The summed E-state index contributed by atoms with van der Waals surface area (Å²) in [5.74, 6) is -0.327. The van der Waals surface area contributed by atoms with E-state index < -0.39 is 0 Å². The minimum Gasteiger partial charge on any atom is -0.461 e. The highest BCUT2D eigenvalue weighted by Crippen LogP contribution is 2.30. The Morgan fingerprint density at radius 2 is 1.95 bits per heavy atom. The molecule has 0 amide bonds. The first kappa shape index (κ1) is 14.2. The SMILES string of the molecule is CCOC(=O)c1[nH]cc(C)c1-c1cccn1-c1ccccc1. The summed E-state index contributed by atoms with van der Waals surface area (Å²) in [4.78, 5) is 15.2. The number of esters is 1. The van der Waals surface area contributed by atoms with Crippen LogP contribution in [0.2, 0.25) is 0 Å².